The number of hydrogen-bond acceptors (Lipinski definition) is 5. The minimum absolute atomic E-state index is 0.320. The molecule has 0 radical (unpaired) electrons. The summed E-state index contributed by atoms with van der Waals surface area (Å²) in [5, 5.41) is 3.72. The van der Waals surface area contributed by atoms with Gasteiger partial charge in [0.25, 0.3) is 0 Å². The van der Waals surface area contributed by atoms with Crippen molar-refractivity contribution in [1.82, 2.24) is 9.38 Å². The van der Waals surface area contributed by atoms with Gasteiger partial charge in [-0.05, 0) is 19.9 Å². The first-order valence-corrected chi connectivity index (χ1v) is 7.98. The van der Waals surface area contributed by atoms with Crippen molar-refractivity contribution in [2.75, 3.05) is 13.2 Å². The maximum absolute atomic E-state index is 5.71. The van der Waals surface area contributed by atoms with E-state index < -0.39 is 0 Å². The van der Waals surface area contributed by atoms with Crippen molar-refractivity contribution in [1.29, 1.82) is 0 Å². The van der Waals surface area contributed by atoms with E-state index in [0.29, 0.717) is 17.9 Å². The van der Waals surface area contributed by atoms with Crippen LogP contribution in [0.15, 0.2) is 16.6 Å². The molecule has 0 saturated carbocycles. The predicted molar refractivity (Wildman–Crippen MR) is 75.5 cm³/mol. The van der Waals surface area contributed by atoms with Gasteiger partial charge in [-0.3, -0.25) is 4.40 Å². The zero-order valence-electron chi connectivity index (χ0n) is 10.3. The van der Waals surface area contributed by atoms with Crippen molar-refractivity contribution >= 4 is 28.1 Å². The van der Waals surface area contributed by atoms with Gasteiger partial charge in [-0.25, -0.2) is 4.98 Å². The molecule has 0 spiro atoms. The molecule has 2 aromatic rings. The Balaban J connectivity index is 1.90. The summed E-state index contributed by atoms with van der Waals surface area (Å²) in [5.41, 5.74) is 6.96. The lowest BCUT2D eigenvalue weighted by Crippen LogP contribution is -2.14. The third-order valence-corrected chi connectivity index (χ3v) is 5.50. The van der Waals surface area contributed by atoms with Crippen LogP contribution in [0.25, 0.3) is 4.96 Å². The van der Waals surface area contributed by atoms with Crippen LogP contribution in [0.3, 0.4) is 0 Å². The fourth-order valence-corrected chi connectivity index (χ4v) is 4.32. The van der Waals surface area contributed by atoms with E-state index in [0.717, 1.165) is 29.4 Å². The van der Waals surface area contributed by atoms with Gasteiger partial charge >= 0.3 is 0 Å². The van der Waals surface area contributed by atoms with Crippen LogP contribution < -0.4 is 5.73 Å². The lowest BCUT2D eigenvalue weighted by Gasteiger charge is -2.12. The van der Waals surface area contributed by atoms with Crippen molar-refractivity contribution in [3.05, 3.63) is 17.3 Å². The molecule has 3 heterocycles. The van der Waals surface area contributed by atoms with Gasteiger partial charge in [0.1, 0.15) is 5.03 Å². The molecular weight excluding hydrogens is 266 g/mol. The van der Waals surface area contributed by atoms with Crippen LogP contribution in [-0.2, 0) is 11.2 Å². The van der Waals surface area contributed by atoms with Crippen LogP contribution in [0.2, 0.25) is 0 Å². The second-order valence-electron chi connectivity index (χ2n) is 4.48. The van der Waals surface area contributed by atoms with Crippen LogP contribution in [0, 0.1) is 0 Å². The average molecular weight is 283 g/mol. The summed E-state index contributed by atoms with van der Waals surface area (Å²) < 4.78 is 7.78. The highest BCUT2D eigenvalue weighted by Crippen LogP contribution is 2.35. The Morgan fingerprint density at radius 1 is 1.67 bits per heavy atom. The molecule has 6 heteroatoms. The molecule has 2 atom stereocenters. The number of hydrogen-bond donors (Lipinski definition) is 1. The molecule has 98 valence electrons. The molecule has 18 heavy (non-hydrogen) atoms. The van der Waals surface area contributed by atoms with Gasteiger partial charge in [-0.15, -0.1) is 11.3 Å². The van der Waals surface area contributed by atoms with Crippen LogP contribution in [0.4, 0.5) is 0 Å². The minimum Gasteiger partial charge on any atom is -0.377 e. The molecule has 2 N–H and O–H groups in total. The number of ether oxygens (including phenoxy) is 1. The summed E-state index contributed by atoms with van der Waals surface area (Å²) in [6.07, 6.45) is 4.39. The van der Waals surface area contributed by atoms with Gasteiger partial charge in [0.15, 0.2) is 4.96 Å². The summed E-state index contributed by atoms with van der Waals surface area (Å²) in [4.78, 5) is 5.79. The number of fused-ring (bicyclic) bond motifs is 1. The van der Waals surface area contributed by atoms with Crippen LogP contribution in [0.5, 0.6) is 0 Å². The Labute approximate surface area is 115 Å². The Hall–Kier alpha value is -0.560. The van der Waals surface area contributed by atoms with Crippen LogP contribution >= 0.6 is 23.1 Å². The number of aromatic nitrogens is 2. The summed E-state index contributed by atoms with van der Waals surface area (Å²) in [6, 6.07) is 0. The first kappa shape index (κ1) is 12.5. The Kier molecular flexibility index (Phi) is 3.61. The fourth-order valence-electron chi connectivity index (χ4n) is 2.28. The highest BCUT2D eigenvalue weighted by molar-refractivity contribution is 8.00. The highest BCUT2D eigenvalue weighted by Gasteiger charge is 2.27. The van der Waals surface area contributed by atoms with E-state index in [4.69, 9.17) is 15.5 Å². The molecule has 4 nitrogen and oxygen atoms in total. The molecule has 1 fully saturated rings. The van der Waals surface area contributed by atoms with Gasteiger partial charge < -0.3 is 10.5 Å². The smallest absolute Gasteiger partial charge is 0.194 e. The maximum atomic E-state index is 5.71. The predicted octanol–water partition coefficient (Wildman–Crippen LogP) is 2.17. The second-order valence-corrected chi connectivity index (χ2v) is 6.58. The lowest BCUT2D eigenvalue weighted by molar-refractivity contribution is 0.127. The number of rotatable bonds is 4. The number of thiazole rings is 1. The molecular formula is C12H17N3OS2. The molecule has 1 saturated heterocycles. The maximum Gasteiger partial charge on any atom is 0.194 e. The van der Waals surface area contributed by atoms with Crippen molar-refractivity contribution in [3.63, 3.8) is 0 Å². The topological polar surface area (TPSA) is 52.5 Å². The molecule has 2 unspecified atom stereocenters. The van der Waals surface area contributed by atoms with E-state index >= 15 is 0 Å². The average Bonchev–Trinajstić information content (AvgIpc) is 3.01. The van der Waals surface area contributed by atoms with Crippen LogP contribution in [0.1, 0.15) is 19.0 Å². The summed E-state index contributed by atoms with van der Waals surface area (Å²) in [6.45, 7) is 3.67. The monoisotopic (exact) mass is 283 g/mol. The Morgan fingerprint density at radius 3 is 3.28 bits per heavy atom. The van der Waals surface area contributed by atoms with Crippen molar-refractivity contribution in [2.45, 2.75) is 36.1 Å². The van der Waals surface area contributed by atoms with Crippen molar-refractivity contribution < 1.29 is 4.74 Å². The van der Waals surface area contributed by atoms with Gasteiger partial charge in [0.2, 0.25) is 0 Å². The zero-order chi connectivity index (χ0) is 12.5. The third-order valence-electron chi connectivity index (χ3n) is 3.28. The Bertz CT molecular complexity index is 536. The van der Waals surface area contributed by atoms with E-state index in [1.165, 1.54) is 5.69 Å². The largest absolute Gasteiger partial charge is 0.377 e. The lowest BCUT2D eigenvalue weighted by atomic mass is 10.3. The SMILES string of the molecule is CC1OCCC1Sc1nc2sccn2c1CCN. The summed E-state index contributed by atoms with van der Waals surface area (Å²) in [5.74, 6) is 0. The second kappa shape index (κ2) is 5.21. The molecule has 1 aliphatic rings. The minimum atomic E-state index is 0.320. The van der Waals surface area contributed by atoms with E-state index in [9.17, 15) is 0 Å². The van der Waals surface area contributed by atoms with Gasteiger partial charge in [0.05, 0.1) is 11.8 Å². The molecule has 2 aromatic heterocycles. The molecule has 0 aromatic carbocycles. The van der Waals surface area contributed by atoms with Crippen molar-refractivity contribution in [3.8, 4) is 0 Å². The van der Waals surface area contributed by atoms with Gasteiger partial charge in [-0.2, -0.15) is 0 Å². The number of nitrogens with two attached hydrogens (primary N) is 1. The van der Waals surface area contributed by atoms with Crippen LogP contribution in [-0.4, -0.2) is 33.9 Å². The molecule has 0 bridgehead atoms. The molecule has 0 amide bonds. The van der Waals surface area contributed by atoms with Gasteiger partial charge in [-0.1, -0.05) is 11.8 Å². The van der Waals surface area contributed by atoms with Crippen molar-refractivity contribution in [2.24, 2.45) is 5.73 Å². The zero-order valence-corrected chi connectivity index (χ0v) is 12.0. The summed E-state index contributed by atoms with van der Waals surface area (Å²) in [7, 11) is 0. The highest BCUT2D eigenvalue weighted by atomic mass is 32.2. The quantitative estimate of drug-likeness (QED) is 0.934. The number of nitrogens with zero attached hydrogens (tertiary/aromatic N) is 2. The first-order chi connectivity index (χ1) is 8.79. The molecule has 3 rings (SSSR count). The standard InChI is InChI=1S/C12H17N3OS2/c1-8-10(3-6-16-8)18-11-9(2-4-13)15-5-7-17-12(15)14-11/h5,7-8,10H,2-4,6,13H2,1H3. The van der Waals surface area contributed by atoms with Gasteiger partial charge in [0, 0.05) is 29.9 Å². The normalized spacial score (nSPS) is 24.1. The first-order valence-electron chi connectivity index (χ1n) is 6.22. The molecule has 1 aliphatic heterocycles. The third kappa shape index (κ3) is 2.18. The van der Waals surface area contributed by atoms with E-state index in [-0.39, 0.29) is 0 Å². The van der Waals surface area contributed by atoms with E-state index in [1.807, 2.05) is 11.8 Å². The van der Waals surface area contributed by atoms with E-state index in [2.05, 4.69) is 22.9 Å². The fraction of sp³-hybridized carbons (Fsp3) is 0.583. The molecule has 0 aliphatic carbocycles. The Morgan fingerprint density at radius 2 is 2.56 bits per heavy atom. The number of thioether (sulfide) groups is 1. The van der Waals surface area contributed by atoms with E-state index in [1.54, 1.807) is 11.3 Å². The number of imidazole rings is 1. The summed E-state index contributed by atoms with van der Waals surface area (Å²) >= 11 is 3.52.